The maximum absolute atomic E-state index is 12.8. The van der Waals surface area contributed by atoms with Gasteiger partial charge in [-0.05, 0) is 24.3 Å². The zero-order valence-electron chi connectivity index (χ0n) is 8.49. The predicted octanol–water partition coefficient (Wildman–Crippen LogP) is 4.17. The number of para-hydroxylation sites is 1. The van der Waals surface area contributed by atoms with Gasteiger partial charge >= 0.3 is 0 Å². The molecule has 2 aromatic rings. The molecule has 0 heterocycles. The molecule has 0 unspecified atom stereocenters. The highest BCUT2D eigenvalue weighted by Gasteiger charge is 2.02. The molecule has 0 spiro atoms. The molecule has 0 saturated carbocycles. The maximum Gasteiger partial charge on any atom is 0.124 e. The molecule has 0 amide bonds. The molecular weight excluding hydrogens is 271 g/mol. The van der Waals surface area contributed by atoms with Crippen molar-refractivity contribution in [2.75, 3.05) is 0 Å². The first-order chi connectivity index (χ1) is 7.75. The van der Waals surface area contributed by atoms with Crippen LogP contribution in [-0.2, 0) is 6.61 Å². The lowest BCUT2D eigenvalue weighted by atomic mass is 10.2. The fraction of sp³-hybridized carbons (Fsp3) is 0.0769. The van der Waals surface area contributed by atoms with E-state index in [1.165, 1.54) is 12.1 Å². The third kappa shape index (κ3) is 2.83. The van der Waals surface area contributed by atoms with Crippen molar-refractivity contribution in [1.82, 2.24) is 0 Å². The van der Waals surface area contributed by atoms with E-state index in [9.17, 15) is 4.39 Å². The monoisotopic (exact) mass is 280 g/mol. The molecule has 2 rings (SSSR count). The van der Waals surface area contributed by atoms with E-state index < -0.39 is 0 Å². The molecule has 0 fully saturated rings. The fourth-order valence-electron chi connectivity index (χ4n) is 1.32. The third-order valence-corrected chi connectivity index (χ3v) is 2.89. The third-order valence-electron chi connectivity index (χ3n) is 2.15. The summed E-state index contributed by atoms with van der Waals surface area (Å²) in [6.07, 6.45) is 0. The van der Waals surface area contributed by atoms with Gasteiger partial charge in [-0.1, -0.05) is 40.2 Å². The molecule has 0 saturated heterocycles. The van der Waals surface area contributed by atoms with Gasteiger partial charge in [-0.25, -0.2) is 4.39 Å². The Kier molecular flexibility index (Phi) is 3.57. The van der Waals surface area contributed by atoms with Gasteiger partial charge in [0, 0.05) is 10.0 Å². The van der Waals surface area contributed by atoms with Crippen molar-refractivity contribution < 1.29 is 9.13 Å². The van der Waals surface area contributed by atoms with Crippen LogP contribution in [0.4, 0.5) is 4.39 Å². The van der Waals surface area contributed by atoms with E-state index in [1.807, 2.05) is 30.3 Å². The topological polar surface area (TPSA) is 9.23 Å². The number of benzene rings is 2. The summed E-state index contributed by atoms with van der Waals surface area (Å²) in [4.78, 5) is 0. The summed E-state index contributed by atoms with van der Waals surface area (Å²) < 4.78 is 19.1. The van der Waals surface area contributed by atoms with Crippen molar-refractivity contribution in [2.24, 2.45) is 0 Å². The van der Waals surface area contributed by atoms with Crippen molar-refractivity contribution in [3.63, 3.8) is 0 Å². The molecular formula is C13H10BrFO. The lowest BCUT2D eigenvalue weighted by molar-refractivity contribution is 0.305. The molecule has 0 atom stereocenters. The molecule has 16 heavy (non-hydrogen) atoms. The molecule has 2 aromatic carbocycles. The van der Waals surface area contributed by atoms with Crippen LogP contribution in [0.5, 0.6) is 5.75 Å². The van der Waals surface area contributed by atoms with Crippen molar-refractivity contribution >= 4 is 15.9 Å². The van der Waals surface area contributed by atoms with E-state index in [-0.39, 0.29) is 5.82 Å². The normalized spacial score (nSPS) is 10.1. The zero-order valence-corrected chi connectivity index (χ0v) is 10.1. The minimum Gasteiger partial charge on any atom is -0.489 e. The van der Waals surface area contributed by atoms with Gasteiger partial charge in [0.15, 0.2) is 0 Å². The first-order valence-electron chi connectivity index (χ1n) is 4.87. The Morgan fingerprint density at radius 3 is 2.50 bits per heavy atom. The van der Waals surface area contributed by atoms with Gasteiger partial charge < -0.3 is 4.74 Å². The second-order valence-electron chi connectivity index (χ2n) is 3.34. The minimum atomic E-state index is -0.254. The lowest BCUT2D eigenvalue weighted by Crippen LogP contribution is -1.96. The highest BCUT2D eigenvalue weighted by atomic mass is 79.9. The zero-order chi connectivity index (χ0) is 11.4. The van der Waals surface area contributed by atoms with Gasteiger partial charge in [0.1, 0.15) is 18.2 Å². The second-order valence-corrected chi connectivity index (χ2v) is 4.19. The van der Waals surface area contributed by atoms with Crippen LogP contribution in [0.2, 0.25) is 0 Å². The summed E-state index contributed by atoms with van der Waals surface area (Å²) in [5.74, 6) is 0.550. The Bertz CT molecular complexity index is 471. The summed E-state index contributed by atoms with van der Waals surface area (Å²) in [6, 6.07) is 14.1. The molecule has 82 valence electrons. The second kappa shape index (κ2) is 5.12. The Hall–Kier alpha value is -1.35. The first kappa shape index (κ1) is 11.1. The molecule has 3 heteroatoms. The van der Waals surface area contributed by atoms with E-state index in [0.29, 0.717) is 6.61 Å². The van der Waals surface area contributed by atoms with Crippen LogP contribution in [-0.4, -0.2) is 0 Å². The maximum atomic E-state index is 12.8. The molecule has 0 N–H and O–H groups in total. The van der Waals surface area contributed by atoms with Gasteiger partial charge in [0.25, 0.3) is 0 Å². The largest absolute Gasteiger partial charge is 0.489 e. The molecule has 1 nitrogen and oxygen atoms in total. The van der Waals surface area contributed by atoms with Crippen LogP contribution in [0.1, 0.15) is 5.56 Å². The van der Waals surface area contributed by atoms with Crippen molar-refractivity contribution in [1.29, 1.82) is 0 Å². The van der Waals surface area contributed by atoms with E-state index >= 15 is 0 Å². The van der Waals surface area contributed by atoms with E-state index in [4.69, 9.17) is 4.74 Å². The van der Waals surface area contributed by atoms with Gasteiger partial charge in [0.2, 0.25) is 0 Å². The minimum absolute atomic E-state index is 0.254. The molecule has 0 bridgehead atoms. The van der Waals surface area contributed by atoms with Crippen LogP contribution >= 0.6 is 15.9 Å². The quantitative estimate of drug-likeness (QED) is 0.820. The molecule has 0 radical (unpaired) electrons. The number of hydrogen-bond donors (Lipinski definition) is 0. The molecule has 0 aromatic heterocycles. The summed E-state index contributed by atoms with van der Waals surface area (Å²) >= 11 is 3.30. The van der Waals surface area contributed by atoms with Gasteiger partial charge in [-0.3, -0.25) is 0 Å². The lowest BCUT2D eigenvalue weighted by Gasteiger charge is -2.07. The van der Waals surface area contributed by atoms with Gasteiger partial charge in [0.05, 0.1) is 0 Å². The summed E-state index contributed by atoms with van der Waals surface area (Å²) in [5, 5.41) is 0. The number of hydrogen-bond acceptors (Lipinski definition) is 1. The average Bonchev–Trinajstić information content (AvgIpc) is 2.29. The van der Waals surface area contributed by atoms with E-state index in [0.717, 1.165) is 15.8 Å². The standard InChI is InChI=1S/C13H10BrFO/c14-13-8-11(15)7-6-10(13)9-16-12-4-2-1-3-5-12/h1-8H,9H2. The van der Waals surface area contributed by atoms with Crippen LogP contribution in [0.25, 0.3) is 0 Å². The number of halogens is 2. The number of rotatable bonds is 3. The van der Waals surface area contributed by atoms with Crippen LogP contribution < -0.4 is 4.74 Å². The van der Waals surface area contributed by atoms with Crippen LogP contribution in [0.3, 0.4) is 0 Å². The SMILES string of the molecule is Fc1ccc(COc2ccccc2)c(Br)c1. The molecule has 0 aliphatic carbocycles. The predicted molar refractivity (Wildman–Crippen MR) is 64.9 cm³/mol. The van der Waals surface area contributed by atoms with E-state index in [2.05, 4.69) is 15.9 Å². The van der Waals surface area contributed by atoms with Gasteiger partial charge in [-0.2, -0.15) is 0 Å². The van der Waals surface area contributed by atoms with E-state index in [1.54, 1.807) is 6.07 Å². The number of ether oxygens (including phenoxy) is 1. The Morgan fingerprint density at radius 2 is 1.81 bits per heavy atom. The Morgan fingerprint density at radius 1 is 1.06 bits per heavy atom. The Balaban J connectivity index is 2.05. The van der Waals surface area contributed by atoms with Crippen molar-refractivity contribution in [3.8, 4) is 5.75 Å². The van der Waals surface area contributed by atoms with Crippen molar-refractivity contribution in [3.05, 3.63) is 64.4 Å². The first-order valence-corrected chi connectivity index (χ1v) is 5.67. The van der Waals surface area contributed by atoms with Crippen LogP contribution in [0.15, 0.2) is 53.0 Å². The smallest absolute Gasteiger partial charge is 0.124 e. The highest BCUT2D eigenvalue weighted by molar-refractivity contribution is 9.10. The summed E-state index contributed by atoms with van der Waals surface area (Å²) in [6.45, 7) is 0.422. The molecule has 0 aliphatic rings. The van der Waals surface area contributed by atoms with Gasteiger partial charge in [-0.15, -0.1) is 0 Å². The summed E-state index contributed by atoms with van der Waals surface area (Å²) in [5.41, 5.74) is 0.922. The van der Waals surface area contributed by atoms with Crippen molar-refractivity contribution in [2.45, 2.75) is 6.61 Å². The average molecular weight is 281 g/mol. The molecule has 0 aliphatic heterocycles. The highest BCUT2D eigenvalue weighted by Crippen LogP contribution is 2.20. The fourth-order valence-corrected chi connectivity index (χ4v) is 1.78. The Labute approximate surface area is 102 Å². The summed E-state index contributed by atoms with van der Waals surface area (Å²) in [7, 11) is 0. The van der Waals surface area contributed by atoms with Crippen LogP contribution in [0, 0.1) is 5.82 Å².